The lowest BCUT2D eigenvalue weighted by Crippen LogP contribution is -2.21. The van der Waals surface area contributed by atoms with Gasteiger partial charge in [-0.2, -0.15) is 0 Å². The molecule has 1 amide bonds. The smallest absolute Gasteiger partial charge is 0.243 e. The van der Waals surface area contributed by atoms with Gasteiger partial charge in [0, 0.05) is 10.2 Å². The van der Waals surface area contributed by atoms with E-state index in [1.807, 2.05) is 50.2 Å². The number of aryl methyl sites for hydroxylation is 2. The average molecular weight is 368 g/mol. The zero-order chi connectivity index (χ0) is 15.4. The maximum Gasteiger partial charge on any atom is 0.243 e. The summed E-state index contributed by atoms with van der Waals surface area (Å²) in [5, 5.41) is 6.49. The molecule has 5 heteroatoms. The maximum absolute atomic E-state index is 11.9. The third kappa shape index (κ3) is 4.48. The summed E-state index contributed by atoms with van der Waals surface area (Å²) >= 11 is 9.54. The van der Waals surface area contributed by atoms with Crippen LogP contribution in [-0.4, -0.2) is 12.5 Å². The second-order valence-electron chi connectivity index (χ2n) is 4.85. The van der Waals surface area contributed by atoms with Gasteiger partial charge < -0.3 is 10.6 Å². The van der Waals surface area contributed by atoms with Gasteiger partial charge in [-0.05, 0) is 55.3 Å². The van der Waals surface area contributed by atoms with Gasteiger partial charge in [-0.3, -0.25) is 4.79 Å². The van der Waals surface area contributed by atoms with Crippen molar-refractivity contribution in [1.29, 1.82) is 0 Å². The van der Waals surface area contributed by atoms with E-state index < -0.39 is 0 Å². The first-order chi connectivity index (χ1) is 9.95. The number of rotatable bonds is 4. The summed E-state index contributed by atoms with van der Waals surface area (Å²) in [5.74, 6) is -0.117. The summed E-state index contributed by atoms with van der Waals surface area (Å²) in [5.41, 5.74) is 3.68. The lowest BCUT2D eigenvalue weighted by molar-refractivity contribution is -0.114. The number of benzene rings is 2. The van der Waals surface area contributed by atoms with E-state index in [1.165, 1.54) is 0 Å². The summed E-state index contributed by atoms with van der Waals surface area (Å²) in [4.78, 5) is 11.9. The van der Waals surface area contributed by atoms with E-state index >= 15 is 0 Å². The standard InChI is InChI=1S/C16H16BrClN2O/c1-10-3-6-15(14(18)7-10)19-9-16(21)20-12-4-5-13(17)11(2)8-12/h3-8,19H,9H2,1-2H3,(H,20,21). The van der Waals surface area contributed by atoms with Crippen molar-refractivity contribution >= 4 is 44.8 Å². The molecule has 0 radical (unpaired) electrons. The highest BCUT2D eigenvalue weighted by Gasteiger charge is 2.05. The van der Waals surface area contributed by atoms with Gasteiger partial charge in [-0.15, -0.1) is 0 Å². The first-order valence-electron chi connectivity index (χ1n) is 6.52. The van der Waals surface area contributed by atoms with Gasteiger partial charge in [0.15, 0.2) is 0 Å². The van der Waals surface area contributed by atoms with Crippen LogP contribution in [0.1, 0.15) is 11.1 Å². The Morgan fingerprint density at radius 3 is 2.62 bits per heavy atom. The summed E-state index contributed by atoms with van der Waals surface area (Å²) in [6.45, 7) is 4.11. The van der Waals surface area contributed by atoms with Crippen LogP contribution in [0.25, 0.3) is 0 Å². The third-order valence-electron chi connectivity index (χ3n) is 3.01. The molecule has 0 atom stereocenters. The topological polar surface area (TPSA) is 41.1 Å². The average Bonchev–Trinajstić information content (AvgIpc) is 2.42. The predicted molar refractivity (Wildman–Crippen MR) is 92.2 cm³/mol. The SMILES string of the molecule is Cc1ccc(NCC(=O)Nc2ccc(Br)c(C)c2)c(Cl)c1. The van der Waals surface area contributed by atoms with Crippen molar-refractivity contribution in [2.24, 2.45) is 0 Å². The van der Waals surface area contributed by atoms with Crippen LogP contribution in [0.2, 0.25) is 5.02 Å². The van der Waals surface area contributed by atoms with Crippen molar-refractivity contribution in [1.82, 2.24) is 0 Å². The molecule has 0 heterocycles. The van der Waals surface area contributed by atoms with E-state index in [4.69, 9.17) is 11.6 Å². The van der Waals surface area contributed by atoms with Crippen molar-refractivity contribution < 1.29 is 4.79 Å². The molecule has 0 spiro atoms. The van der Waals surface area contributed by atoms with Crippen LogP contribution in [0.15, 0.2) is 40.9 Å². The molecule has 3 nitrogen and oxygen atoms in total. The van der Waals surface area contributed by atoms with E-state index in [2.05, 4.69) is 26.6 Å². The molecule has 0 saturated heterocycles. The Bertz CT molecular complexity index is 673. The molecule has 0 aliphatic heterocycles. The first kappa shape index (κ1) is 15.9. The van der Waals surface area contributed by atoms with Gasteiger partial charge in [-0.1, -0.05) is 33.6 Å². The monoisotopic (exact) mass is 366 g/mol. The summed E-state index contributed by atoms with van der Waals surface area (Å²) < 4.78 is 1.02. The summed E-state index contributed by atoms with van der Waals surface area (Å²) in [6.07, 6.45) is 0. The van der Waals surface area contributed by atoms with Crippen molar-refractivity contribution in [2.45, 2.75) is 13.8 Å². The van der Waals surface area contributed by atoms with Crippen LogP contribution in [0.5, 0.6) is 0 Å². The second kappa shape index (κ2) is 6.96. The molecule has 0 aliphatic carbocycles. The quantitative estimate of drug-likeness (QED) is 0.817. The minimum Gasteiger partial charge on any atom is -0.375 e. The Hall–Kier alpha value is -1.52. The van der Waals surface area contributed by atoms with E-state index in [0.717, 1.165) is 27.0 Å². The third-order valence-corrected chi connectivity index (χ3v) is 4.21. The molecule has 21 heavy (non-hydrogen) atoms. The van der Waals surface area contributed by atoms with Crippen LogP contribution in [0.4, 0.5) is 11.4 Å². The van der Waals surface area contributed by atoms with E-state index in [1.54, 1.807) is 0 Å². The molecule has 0 unspecified atom stereocenters. The molecule has 2 aromatic carbocycles. The number of anilines is 2. The number of carbonyl (C=O) groups excluding carboxylic acids is 1. The molecular formula is C16H16BrClN2O. The zero-order valence-corrected chi connectivity index (χ0v) is 14.2. The Morgan fingerprint density at radius 1 is 1.19 bits per heavy atom. The second-order valence-corrected chi connectivity index (χ2v) is 6.11. The lowest BCUT2D eigenvalue weighted by Gasteiger charge is -2.10. The Kier molecular flexibility index (Phi) is 5.26. The van der Waals surface area contributed by atoms with Gasteiger partial charge in [0.2, 0.25) is 5.91 Å². The number of carbonyl (C=O) groups is 1. The molecule has 2 N–H and O–H groups in total. The van der Waals surface area contributed by atoms with E-state index in [0.29, 0.717) is 5.02 Å². The molecular weight excluding hydrogens is 352 g/mol. The van der Waals surface area contributed by atoms with Gasteiger partial charge in [0.05, 0.1) is 17.3 Å². The Morgan fingerprint density at radius 2 is 1.95 bits per heavy atom. The van der Waals surface area contributed by atoms with Crippen molar-refractivity contribution in [3.05, 3.63) is 57.0 Å². The molecule has 0 bridgehead atoms. The predicted octanol–water partition coefficient (Wildman–Crippen LogP) is 4.77. The molecule has 0 aromatic heterocycles. The largest absolute Gasteiger partial charge is 0.375 e. The normalized spacial score (nSPS) is 10.3. The van der Waals surface area contributed by atoms with E-state index in [9.17, 15) is 4.79 Å². The number of nitrogens with one attached hydrogen (secondary N) is 2. The Labute approximate surface area is 137 Å². The van der Waals surface area contributed by atoms with Gasteiger partial charge in [0.1, 0.15) is 0 Å². The molecule has 110 valence electrons. The van der Waals surface area contributed by atoms with Crippen molar-refractivity contribution in [3.63, 3.8) is 0 Å². The number of hydrogen-bond donors (Lipinski definition) is 2. The zero-order valence-electron chi connectivity index (χ0n) is 11.8. The van der Waals surface area contributed by atoms with Gasteiger partial charge in [0.25, 0.3) is 0 Å². The highest BCUT2D eigenvalue weighted by Crippen LogP contribution is 2.23. The molecule has 0 saturated carbocycles. The molecule has 2 rings (SSSR count). The van der Waals surface area contributed by atoms with Crippen LogP contribution >= 0.6 is 27.5 Å². The highest BCUT2D eigenvalue weighted by molar-refractivity contribution is 9.10. The van der Waals surface area contributed by atoms with Crippen LogP contribution in [-0.2, 0) is 4.79 Å². The summed E-state index contributed by atoms with van der Waals surface area (Å²) in [7, 11) is 0. The summed E-state index contributed by atoms with van der Waals surface area (Å²) in [6, 6.07) is 11.4. The fourth-order valence-electron chi connectivity index (χ4n) is 1.87. The Balaban J connectivity index is 1.94. The minimum atomic E-state index is -0.117. The van der Waals surface area contributed by atoms with Crippen molar-refractivity contribution in [3.8, 4) is 0 Å². The molecule has 2 aromatic rings. The number of amides is 1. The molecule has 0 fully saturated rings. The van der Waals surface area contributed by atoms with Crippen LogP contribution in [0, 0.1) is 13.8 Å². The maximum atomic E-state index is 11.9. The van der Waals surface area contributed by atoms with Gasteiger partial charge in [-0.25, -0.2) is 0 Å². The highest BCUT2D eigenvalue weighted by atomic mass is 79.9. The number of hydrogen-bond acceptors (Lipinski definition) is 2. The molecule has 0 aliphatic rings. The van der Waals surface area contributed by atoms with Crippen molar-refractivity contribution in [2.75, 3.05) is 17.2 Å². The van der Waals surface area contributed by atoms with E-state index in [-0.39, 0.29) is 12.5 Å². The number of halogens is 2. The minimum absolute atomic E-state index is 0.117. The fourth-order valence-corrected chi connectivity index (χ4v) is 2.42. The lowest BCUT2D eigenvalue weighted by atomic mass is 10.2. The van der Waals surface area contributed by atoms with Crippen LogP contribution in [0.3, 0.4) is 0 Å². The van der Waals surface area contributed by atoms with Crippen LogP contribution < -0.4 is 10.6 Å². The van der Waals surface area contributed by atoms with Gasteiger partial charge >= 0.3 is 0 Å². The first-order valence-corrected chi connectivity index (χ1v) is 7.69. The fraction of sp³-hybridized carbons (Fsp3) is 0.188.